The van der Waals surface area contributed by atoms with Gasteiger partial charge >= 0.3 is 0 Å². The summed E-state index contributed by atoms with van der Waals surface area (Å²) in [5.41, 5.74) is 0.299. The maximum absolute atomic E-state index is 13.1. The fourth-order valence-electron chi connectivity index (χ4n) is 1.78. The lowest BCUT2D eigenvalue weighted by atomic mass is 10.1. The molecule has 0 unspecified atom stereocenters. The van der Waals surface area contributed by atoms with Crippen LogP contribution in [0.3, 0.4) is 0 Å². The second kappa shape index (κ2) is 8.52. The van der Waals surface area contributed by atoms with Crippen molar-refractivity contribution in [2.45, 2.75) is 45.4 Å². The maximum Gasteiger partial charge on any atom is 0.128 e. The molecule has 1 aromatic carbocycles. The summed E-state index contributed by atoms with van der Waals surface area (Å²) in [7, 11) is 0. The van der Waals surface area contributed by atoms with E-state index in [1.807, 2.05) is 6.07 Å². The quantitative estimate of drug-likeness (QED) is 0.638. The monoisotopic (exact) mass is 249 g/mol. The highest BCUT2D eigenvalue weighted by molar-refractivity contribution is 5.36. The average Bonchev–Trinajstić information content (AvgIpc) is 2.37. The van der Waals surface area contributed by atoms with Crippen molar-refractivity contribution < 1.29 is 9.13 Å². The molecule has 0 aliphatic heterocycles. The first kappa shape index (κ1) is 14.5. The van der Waals surface area contributed by atoms with Gasteiger partial charge in [-0.1, -0.05) is 39.0 Å². The van der Waals surface area contributed by atoms with Gasteiger partial charge in [-0.05, 0) is 18.6 Å². The van der Waals surface area contributed by atoms with Crippen molar-refractivity contribution in [3.63, 3.8) is 0 Å². The van der Waals surface area contributed by atoms with Gasteiger partial charge in [0.1, 0.15) is 11.6 Å². The van der Waals surface area contributed by atoms with Gasteiger partial charge in [-0.2, -0.15) is 5.26 Å². The van der Waals surface area contributed by atoms with E-state index in [4.69, 9.17) is 10.00 Å². The summed E-state index contributed by atoms with van der Waals surface area (Å²) < 4.78 is 18.5. The highest BCUT2D eigenvalue weighted by atomic mass is 19.1. The number of halogens is 1. The smallest absolute Gasteiger partial charge is 0.128 e. The van der Waals surface area contributed by atoms with Crippen LogP contribution in [0.2, 0.25) is 0 Å². The lowest BCUT2D eigenvalue weighted by molar-refractivity contribution is 0.303. The number of ether oxygens (including phenoxy) is 1. The fraction of sp³-hybridized carbons (Fsp3) is 0.533. The van der Waals surface area contributed by atoms with E-state index < -0.39 is 5.82 Å². The molecule has 98 valence electrons. The molecule has 0 aliphatic carbocycles. The second-order valence-electron chi connectivity index (χ2n) is 4.40. The lowest BCUT2D eigenvalue weighted by Crippen LogP contribution is -1.98. The predicted molar refractivity (Wildman–Crippen MR) is 70.0 cm³/mol. The van der Waals surface area contributed by atoms with E-state index in [0.29, 0.717) is 17.9 Å². The molecule has 0 fully saturated rings. The third-order valence-corrected chi connectivity index (χ3v) is 2.77. The molecule has 0 heterocycles. The second-order valence-corrected chi connectivity index (χ2v) is 4.40. The van der Waals surface area contributed by atoms with Crippen molar-refractivity contribution >= 4 is 0 Å². The van der Waals surface area contributed by atoms with Crippen molar-refractivity contribution in [3.05, 3.63) is 29.6 Å². The molecule has 2 nitrogen and oxygen atoms in total. The summed E-state index contributed by atoms with van der Waals surface area (Å²) in [5, 5.41) is 8.71. The Hall–Kier alpha value is -1.56. The van der Waals surface area contributed by atoms with Gasteiger partial charge in [0, 0.05) is 6.07 Å². The van der Waals surface area contributed by atoms with Crippen molar-refractivity contribution in [2.24, 2.45) is 0 Å². The molecule has 0 aromatic heterocycles. The number of hydrogen-bond donors (Lipinski definition) is 0. The lowest BCUT2D eigenvalue weighted by Gasteiger charge is -2.06. The summed E-state index contributed by atoms with van der Waals surface area (Å²) in [4.78, 5) is 0. The zero-order valence-electron chi connectivity index (χ0n) is 10.9. The fourth-order valence-corrected chi connectivity index (χ4v) is 1.78. The minimum atomic E-state index is -0.424. The van der Waals surface area contributed by atoms with Gasteiger partial charge in [-0.25, -0.2) is 4.39 Å². The molecule has 0 saturated carbocycles. The summed E-state index contributed by atoms with van der Waals surface area (Å²) in [5.74, 6) is 0.0205. The zero-order valence-corrected chi connectivity index (χ0v) is 10.9. The molecule has 0 aliphatic rings. The van der Waals surface area contributed by atoms with Crippen LogP contribution in [0.1, 0.15) is 51.0 Å². The third kappa shape index (κ3) is 5.67. The van der Waals surface area contributed by atoms with Crippen molar-refractivity contribution in [2.75, 3.05) is 6.61 Å². The summed E-state index contributed by atoms with van der Waals surface area (Å²) >= 11 is 0. The Morgan fingerprint density at radius 2 is 1.83 bits per heavy atom. The number of rotatable bonds is 8. The van der Waals surface area contributed by atoms with Gasteiger partial charge in [-0.15, -0.1) is 0 Å². The molecular weight excluding hydrogens is 229 g/mol. The number of nitriles is 1. The van der Waals surface area contributed by atoms with Crippen LogP contribution in [-0.2, 0) is 0 Å². The maximum atomic E-state index is 13.1. The topological polar surface area (TPSA) is 33.0 Å². The zero-order chi connectivity index (χ0) is 13.2. The van der Waals surface area contributed by atoms with Crippen LogP contribution in [0.5, 0.6) is 5.75 Å². The average molecular weight is 249 g/mol. The van der Waals surface area contributed by atoms with E-state index in [1.54, 1.807) is 6.07 Å². The van der Waals surface area contributed by atoms with Crippen molar-refractivity contribution in [1.82, 2.24) is 0 Å². The van der Waals surface area contributed by atoms with Crippen LogP contribution in [0.15, 0.2) is 18.2 Å². The van der Waals surface area contributed by atoms with E-state index in [2.05, 4.69) is 6.92 Å². The molecule has 0 atom stereocenters. The van der Waals surface area contributed by atoms with E-state index in [1.165, 1.54) is 37.8 Å². The minimum absolute atomic E-state index is 0.299. The molecule has 0 spiro atoms. The Morgan fingerprint density at radius 3 is 2.56 bits per heavy atom. The van der Waals surface area contributed by atoms with Crippen LogP contribution in [0.25, 0.3) is 0 Å². The molecule has 1 rings (SSSR count). The Kier molecular flexibility index (Phi) is 6.86. The van der Waals surface area contributed by atoms with Gasteiger partial charge in [0.2, 0.25) is 0 Å². The van der Waals surface area contributed by atoms with Gasteiger partial charge in [0.25, 0.3) is 0 Å². The minimum Gasteiger partial charge on any atom is -0.493 e. The van der Waals surface area contributed by atoms with E-state index in [0.717, 1.165) is 12.8 Å². The molecular formula is C15H20FNO. The van der Waals surface area contributed by atoms with Crippen LogP contribution < -0.4 is 4.74 Å². The van der Waals surface area contributed by atoms with Crippen LogP contribution >= 0.6 is 0 Å². The molecule has 0 saturated heterocycles. The SMILES string of the molecule is CCCCCCCCOc1cc(F)cc(C#N)c1. The summed E-state index contributed by atoms with van der Waals surface area (Å²) in [6.45, 7) is 2.78. The highest BCUT2D eigenvalue weighted by Crippen LogP contribution is 2.16. The summed E-state index contributed by atoms with van der Waals surface area (Å²) in [6.07, 6.45) is 7.15. The Labute approximate surface area is 108 Å². The van der Waals surface area contributed by atoms with Crippen molar-refractivity contribution in [3.8, 4) is 11.8 Å². The number of benzene rings is 1. The highest BCUT2D eigenvalue weighted by Gasteiger charge is 2.01. The molecule has 0 radical (unpaired) electrons. The van der Waals surface area contributed by atoms with Crippen LogP contribution in [-0.4, -0.2) is 6.61 Å². The first-order valence-corrected chi connectivity index (χ1v) is 6.59. The standard InChI is InChI=1S/C15H20FNO/c1-2-3-4-5-6-7-8-18-15-10-13(12-17)9-14(16)11-15/h9-11H,2-8H2,1H3. The molecule has 3 heteroatoms. The first-order valence-electron chi connectivity index (χ1n) is 6.59. The molecule has 18 heavy (non-hydrogen) atoms. The number of unbranched alkanes of at least 4 members (excludes halogenated alkanes) is 5. The third-order valence-electron chi connectivity index (χ3n) is 2.77. The van der Waals surface area contributed by atoms with Crippen LogP contribution in [0.4, 0.5) is 4.39 Å². The molecule has 0 bridgehead atoms. The molecule has 0 amide bonds. The Bertz CT molecular complexity index is 398. The van der Waals surface area contributed by atoms with Crippen molar-refractivity contribution in [1.29, 1.82) is 5.26 Å². The van der Waals surface area contributed by atoms with E-state index in [9.17, 15) is 4.39 Å². The van der Waals surface area contributed by atoms with Gasteiger partial charge in [-0.3, -0.25) is 0 Å². The van der Waals surface area contributed by atoms with Gasteiger partial charge in [0.15, 0.2) is 0 Å². The predicted octanol–water partition coefficient (Wildman–Crippen LogP) is 4.44. The van der Waals surface area contributed by atoms with E-state index in [-0.39, 0.29) is 0 Å². The number of hydrogen-bond acceptors (Lipinski definition) is 2. The number of nitrogens with zero attached hydrogens (tertiary/aromatic N) is 1. The Balaban J connectivity index is 2.23. The molecule has 0 N–H and O–H groups in total. The van der Waals surface area contributed by atoms with Crippen LogP contribution in [0, 0.1) is 17.1 Å². The Morgan fingerprint density at radius 1 is 1.11 bits per heavy atom. The van der Waals surface area contributed by atoms with E-state index >= 15 is 0 Å². The van der Waals surface area contributed by atoms with Gasteiger partial charge < -0.3 is 4.74 Å². The molecule has 1 aromatic rings. The largest absolute Gasteiger partial charge is 0.493 e. The van der Waals surface area contributed by atoms with Gasteiger partial charge in [0.05, 0.1) is 18.2 Å². The first-order chi connectivity index (χ1) is 8.76. The normalized spacial score (nSPS) is 10.1. The summed E-state index contributed by atoms with van der Waals surface area (Å²) in [6, 6.07) is 6.01.